The molecule has 5 heteroatoms. The molecule has 108 valence electrons. The Labute approximate surface area is 115 Å². The van der Waals surface area contributed by atoms with Gasteiger partial charge in [0.1, 0.15) is 5.54 Å². The molecule has 1 aromatic heterocycles. The van der Waals surface area contributed by atoms with Gasteiger partial charge in [0.25, 0.3) is 0 Å². The molecule has 1 aromatic rings. The lowest BCUT2D eigenvalue weighted by Crippen LogP contribution is -2.47. The Balaban J connectivity index is 2.74. The second kappa shape index (κ2) is 6.19. The van der Waals surface area contributed by atoms with Gasteiger partial charge >= 0.3 is 5.97 Å². The van der Waals surface area contributed by atoms with Crippen LogP contribution in [0.15, 0.2) is 0 Å². The van der Waals surface area contributed by atoms with Gasteiger partial charge in [-0.05, 0) is 46.1 Å². The lowest BCUT2D eigenvalue weighted by Gasteiger charge is -2.22. The number of nitrogens with two attached hydrogens (primary N) is 1. The third kappa shape index (κ3) is 3.56. The molecule has 0 amide bonds. The molecule has 5 nitrogen and oxygen atoms in total. The molecule has 0 aromatic carbocycles. The number of ether oxygens (including phenoxy) is 1. The highest BCUT2D eigenvalue weighted by atomic mass is 16.5. The maximum absolute atomic E-state index is 11.7. The summed E-state index contributed by atoms with van der Waals surface area (Å²) < 4.78 is 6.91. The Morgan fingerprint density at radius 3 is 2.53 bits per heavy atom. The quantitative estimate of drug-likeness (QED) is 0.797. The number of aryl methyl sites for hydroxylation is 2. The zero-order valence-corrected chi connectivity index (χ0v) is 12.6. The molecule has 19 heavy (non-hydrogen) atoms. The van der Waals surface area contributed by atoms with Crippen LogP contribution in [-0.2, 0) is 22.5 Å². The van der Waals surface area contributed by atoms with Crippen LogP contribution in [0.1, 0.15) is 44.1 Å². The summed E-state index contributed by atoms with van der Waals surface area (Å²) in [6, 6.07) is 0. The third-order valence-corrected chi connectivity index (χ3v) is 3.47. The highest BCUT2D eigenvalue weighted by Gasteiger charge is 2.30. The van der Waals surface area contributed by atoms with E-state index in [4.69, 9.17) is 10.5 Å². The first-order valence-electron chi connectivity index (χ1n) is 6.82. The Hall–Kier alpha value is -1.36. The predicted octanol–water partition coefficient (Wildman–Crippen LogP) is 1.73. The van der Waals surface area contributed by atoms with Gasteiger partial charge < -0.3 is 10.5 Å². The van der Waals surface area contributed by atoms with Crippen molar-refractivity contribution in [3.05, 3.63) is 17.0 Å². The number of hydrogen-bond donors (Lipinski definition) is 1. The minimum atomic E-state index is -0.964. The van der Waals surface area contributed by atoms with Crippen molar-refractivity contribution >= 4 is 5.97 Å². The molecule has 1 rings (SSSR count). The van der Waals surface area contributed by atoms with Crippen LogP contribution in [0.25, 0.3) is 0 Å². The average molecular weight is 267 g/mol. The van der Waals surface area contributed by atoms with Crippen LogP contribution in [-0.4, -0.2) is 27.9 Å². The topological polar surface area (TPSA) is 70.1 Å². The molecule has 0 saturated heterocycles. The van der Waals surface area contributed by atoms with Crippen molar-refractivity contribution in [3.8, 4) is 0 Å². The molecule has 0 aliphatic rings. The Bertz CT molecular complexity index is 450. The van der Waals surface area contributed by atoms with Crippen LogP contribution in [0.4, 0.5) is 0 Å². The van der Waals surface area contributed by atoms with E-state index in [0.717, 1.165) is 17.8 Å². The van der Waals surface area contributed by atoms with Crippen molar-refractivity contribution < 1.29 is 9.53 Å². The maximum Gasteiger partial charge on any atom is 0.325 e. The number of esters is 1. The van der Waals surface area contributed by atoms with Gasteiger partial charge in [0.15, 0.2) is 0 Å². The van der Waals surface area contributed by atoms with Crippen molar-refractivity contribution in [1.82, 2.24) is 9.78 Å². The lowest BCUT2D eigenvalue weighted by atomic mass is 9.99. The minimum Gasteiger partial charge on any atom is -0.465 e. The highest BCUT2D eigenvalue weighted by molar-refractivity contribution is 5.79. The van der Waals surface area contributed by atoms with Gasteiger partial charge in [0.05, 0.1) is 12.3 Å². The summed E-state index contributed by atoms with van der Waals surface area (Å²) in [6.45, 7) is 10.6. The zero-order valence-electron chi connectivity index (χ0n) is 12.6. The Kier molecular flexibility index (Phi) is 5.11. The van der Waals surface area contributed by atoms with Gasteiger partial charge in [0.2, 0.25) is 0 Å². The lowest BCUT2D eigenvalue weighted by molar-refractivity contribution is -0.149. The normalized spacial score (nSPS) is 14.2. The molecule has 0 aliphatic carbocycles. The van der Waals surface area contributed by atoms with Gasteiger partial charge in [0, 0.05) is 12.2 Å². The fourth-order valence-electron chi connectivity index (χ4n) is 2.20. The first-order chi connectivity index (χ1) is 8.83. The molecule has 0 bridgehead atoms. The number of carbonyl (C=O) groups excluding carboxylic acids is 1. The first-order valence-corrected chi connectivity index (χ1v) is 6.82. The summed E-state index contributed by atoms with van der Waals surface area (Å²) in [5.74, 6) is -0.354. The molecule has 0 aliphatic heterocycles. The fourth-order valence-corrected chi connectivity index (χ4v) is 2.20. The largest absolute Gasteiger partial charge is 0.465 e. The van der Waals surface area contributed by atoms with Gasteiger partial charge in [-0.2, -0.15) is 5.10 Å². The van der Waals surface area contributed by atoms with Crippen LogP contribution in [0.2, 0.25) is 0 Å². The molecular weight excluding hydrogens is 242 g/mol. The van der Waals surface area contributed by atoms with E-state index in [1.165, 1.54) is 5.56 Å². The van der Waals surface area contributed by atoms with Gasteiger partial charge in [-0.25, -0.2) is 0 Å². The first kappa shape index (κ1) is 15.7. The van der Waals surface area contributed by atoms with E-state index in [1.54, 1.807) is 13.8 Å². The number of hydrogen-bond acceptors (Lipinski definition) is 4. The molecule has 1 heterocycles. The van der Waals surface area contributed by atoms with Gasteiger partial charge in [-0.15, -0.1) is 0 Å². The van der Waals surface area contributed by atoms with Crippen molar-refractivity contribution in [2.75, 3.05) is 6.61 Å². The van der Waals surface area contributed by atoms with Crippen molar-refractivity contribution in [1.29, 1.82) is 0 Å². The molecular formula is C14H25N3O2. The SMILES string of the molecule is CCOC(=O)C(C)(N)CCn1nc(C)c(CC)c1C. The number of carbonyl (C=O) groups is 1. The minimum absolute atomic E-state index is 0.353. The van der Waals surface area contributed by atoms with E-state index < -0.39 is 5.54 Å². The van der Waals surface area contributed by atoms with Crippen LogP contribution in [0.5, 0.6) is 0 Å². The van der Waals surface area contributed by atoms with Crippen LogP contribution < -0.4 is 5.73 Å². The number of aromatic nitrogens is 2. The van der Waals surface area contributed by atoms with E-state index in [1.807, 2.05) is 11.6 Å². The van der Waals surface area contributed by atoms with Crippen LogP contribution >= 0.6 is 0 Å². The smallest absolute Gasteiger partial charge is 0.325 e. The van der Waals surface area contributed by atoms with E-state index >= 15 is 0 Å². The molecule has 2 N–H and O–H groups in total. The Morgan fingerprint density at radius 2 is 2.05 bits per heavy atom. The second-order valence-electron chi connectivity index (χ2n) is 5.11. The summed E-state index contributed by atoms with van der Waals surface area (Å²) in [6.07, 6.45) is 1.48. The Morgan fingerprint density at radius 1 is 1.42 bits per heavy atom. The monoisotopic (exact) mass is 267 g/mol. The van der Waals surface area contributed by atoms with Crippen molar-refractivity contribution in [2.24, 2.45) is 5.73 Å². The molecule has 0 radical (unpaired) electrons. The maximum atomic E-state index is 11.7. The molecule has 0 saturated carbocycles. The number of rotatable bonds is 6. The summed E-state index contributed by atoms with van der Waals surface area (Å²) in [7, 11) is 0. The predicted molar refractivity (Wildman–Crippen MR) is 74.9 cm³/mol. The fraction of sp³-hybridized carbons (Fsp3) is 0.714. The zero-order chi connectivity index (χ0) is 14.6. The summed E-state index contributed by atoms with van der Waals surface area (Å²) in [5.41, 5.74) is 8.52. The summed E-state index contributed by atoms with van der Waals surface area (Å²) >= 11 is 0. The van der Waals surface area contributed by atoms with Crippen LogP contribution in [0, 0.1) is 13.8 Å². The van der Waals surface area contributed by atoms with E-state index in [-0.39, 0.29) is 5.97 Å². The number of nitrogens with zero attached hydrogens (tertiary/aromatic N) is 2. The van der Waals surface area contributed by atoms with Gasteiger partial charge in [-0.1, -0.05) is 6.92 Å². The van der Waals surface area contributed by atoms with Crippen LogP contribution in [0.3, 0.4) is 0 Å². The van der Waals surface area contributed by atoms with E-state index in [0.29, 0.717) is 19.6 Å². The second-order valence-corrected chi connectivity index (χ2v) is 5.11. The highest BCUT2D eigenvalue weighted by Crippen LogP contribution is 2.16. The average Bonchev–Trinajstić information content (AvgIpc) is 2.62. The van der Waals surface area contributed by atoms with E-state index in [2.05, 4.69) is 18.9 Å². The third-order valence-electron chi connectivity index (χ3n) is 3.47. The standard InChI is InChI=1S/C14H25N3O2/c1-6-12-10(3)16-17(11(12)4)9-8-14(5,15)13(18)19-7-2/h6-9,15H2,1-5H3. The van der Waals surface area contributed by atoms with Gasteiger partial charge in [-0.3, -0.25) is 9.48 Å². The van der Waals surface area contributed by atoms with E-state index in [9.17, 15) is 4.79 Å². The van der Waals surface area contributed by atoms with Crippen molar-refractivity contribution in [2.45, 2.75) is 59.5 Å². The molecule has 1 unspecified atom stereocenters. The summed E-state index contributed by atoms with van der Waals surface area (Å²) in [4.78, 5) is 11.7. The molecule has 0 spiro atoms. The molecule has 0 fully saturated rings. The molecule has 1 atom stereocenters. The van der Waals surface area contributed by atoms with Crippen molar-refractivity contribution in [3.63, 3.8) is 0 Å². The summed E-state index contributed by atoms with van der Waals surface area (Å²) in [5, 5.41) is 4.50.